The van der Waals surface area contributed by atoms with Crippen molar-refractivity contribution in [1.29, 1.82) is 0 Å². The Morgan fingerprint density at radius 3 is 2.03 bits per heavy atom. The summed E-state index contributed by atoms with van der Waals surface area (Å²) in [6.45, 7) is 1.31. The predicted octanol–water partition coefficient (Wildman–Crippen LogP) is 3.18. The lowest BCUT2D eigenvalue weighted by Gasteiger charge is -2.56. The number of β-lactam (4-membered cyclic amide) rings is 1. The van der Waals surface area contributed by atoms with Gasteiger partial charge in [0.15, 0.2) is 5.54 Å². The minimum Gasteiger partial charge on any atom is -0.457 e. The molecule has 36 heavy (non-hydrogen) atoms. The van der Waals surface area contributed by atoms with Gasteiger partial charge in [0.05, 0.1) is 17.0 Å². The van der Waals surface area contributed by atoms with Crippen LogP contribution in [0.5, 0.6) is 0 Å². The fourth-order valence-electron chi connectivity index (χ4n) is 5.19. The molecule has 184 valence electrons. The van der Waals surface area contributed by atoms with E-state index in [1.54, 1.807) is 78.9 Å². The highest BCUT2D eigenvalue weighted by atomic mass is 32.2. The van der Waals surface area contributed by atoms with Gasteiger partial charge in [-0.05, 0) is 29.8 Å². The van der Waals surface area contributed by atoms with Crippen molar-refractivity contribution in [1.82, 2.24) is 9.21 Å². The topological polar surface area (TPSA) is 101 Å². The first-order chi connectivity index (χ1) is 17.3. The van der Waals surface area contributed by atoms with Gasteiger partial charge in [-0.15, -0.1) is 0 Å². The fraction of sp³-hybridized carbons (Fsp3) is 0.222. The zero-order valence-corrected chi connectivity index (χ0v) is 20.3. The number of rotatable bonds is 5. The molecule has 2 aliphatic heterocycles. The Balaban J connectivity index is 1.55. The first kappa shape index (κ1) is 23.7. The van der Waals surface area contributed by atoms with E-state index in [1.807, 2.05) is 0 Å². The molecule has 3 aromatic carbocycles. The Morgan fingerprint density at radius 2 is 1.44 bits per heavy atom. The summed E-state index contributed by atoms with van der Waals surface area (Å²) in [5.74, 6) is -1.69. The summed E-state index contributed by atoms with van der Waals surface area (Å²) in [7, 11) is -4.21. The van der Waals surface area contributed by atoms with Gasteiger partial charge < -0.3 is 9.64 Å². The number of hydrogen-bond acceptors (Lipinski definition) is 6. The molecule has 0 saturated carbocycles. The van der Waals surface area contributed by atoms with Gasteiger partial charge in [0.2, 0.25) is 5.91 Å². The molecule has 1 spiro atoms. The highest BCUT2D eigenvalue weighted by Gasteiger charge is 2.72. The molecule has 3 aromatic rings. The van der Waals surface area contributed by atoms with E-state index >= 15 is 0 Å². The molecular formula is C27H24N2O6S. The van der Waals surface area contributed by atoms with Crippen LogP contribution < -0.4 is 0 Å². The summed E-state index contributed by atoms with van der Waals surface area (Å²) < 4.78 is 33.7. The molecule has 2 saturated heterocycles. The van der Waals surface area contributed by atoms with Crippen molar-refractivity contribution in [3.8, 4) is 0 Å². The summed E-state index contributed by atoms with van der Waals surface area (Å²) in [4.78, 5) is 40.6. The monoisotopic (exact) mass is 504 g/mol. The van der Waals surface area contributed by atoms with Crippen molar-refractivity contribution in [3.63, 3.8) is 0 Å². The molecule has 5 rings (SSSR count). The largest absolute Gasteiger partial charge is 0.457 e. The van der Waals surface area contributed by atoms with Crippen LogP contribution in [0.1, 0.15) is 35.3 Å². The molecule has 0 radical (unpaired) electrons. The van der Waals surface area contributed by atoms with E-state index in [-0.39, 0.29) is 17.9 Å². The third-order valence-corrected chi connectivity index (χ3v) is 8.51. The summed E-state index contributed by atoms with van der Waals surface area (Å²) in [5.41, 5.74) is -0.574. The van der Waals surface area contributed by atoms with E-state index < -0.39 is 45.5 Å². The number of esters is 1. The van der Waals surface area contributed by atoms with E-state index in [0.29, 0.717) is 11.1 Å². The second kappa shape index (κ2) is 8.91. The van der Waals surface area contributed by atoms with Crippen molar-refractivity contribution in [3.05, 3.63) is 102 Å². The molecular weight excluding hydrogens is 480 g/mol. The Bertz CT molecular complexity index is 1410. The average molecular weight is 505 g/mol. The Morgan fingerprint density at radius 1 is 0.889 bits per heavy atom. The lowest BCUT2D eigenvalue weighted by molar-refractivity contribution is -0.168. The first-order valence-electron chi connectivity index (χ1n) is 11.5. The minimum absolute atomic E-state index is 0.00957. The van der Waals surface area contributed by atoms with Crippen LogP contribution in [-0.4, -0.2) is 53.6 Å². The molecule has 0 bridgehead atoms. The molecule has 0 unspecified atom stereocenters. The Kier molecular flexibility index (Phi) is 5.88. The highest BCUT2D eigenvalue weighted by molar-refractivity contribution is 7.89. The second-order valence-corrected chi connectivity index (χ2v) is 10.7. The van der Waals surface area contributed by atoms with Gasteiger partial charge in [0.1, 0.15) is 12.1 Å². The molecule has 2 heterocycles. The van der Waals surface area contributed by atoms with Crippen LogP contribution in [-0.2, 0) is 24.3 Å². The van der Waals surface area contributed by atoms with Gasteiger partial charge in [0, 0.05) is 13.3 Å². The maximum absolute atomic E-state index is 13.8. The summed E-state index contributed by atoms with van der Waals surface area (Å²) in [6.07, 6.45) is -0.789. The predicted molar refractivity (Wildman–Crippen MR) is 130 cm³/mol. The second-order valence-electron chi connectivity index (χ2n) is 8.88. The van der Waals surface area contributed by atoms with Crippen LogP contribution in [0.4, 0.5) is 0 Å². The first-order valence-corrected chi connectivity index (χ1v) is 12.9. The third-order valence-electron chi connectivity index (χ3n) is 6.74. The summed E-state index contributed by atoms with van der Waals surface area (Å²) >= 11 is 0. The lowest BCUT2D eigenvalue weighted by atomic mass is 9.74. The van der Waals surface area contributed by atoms with Crippen LogP contribution in [0.15, 0.2) is 95.9 Å². The number of ether oxygens (including phenoxy) is 1. The maximum atomic E-state index is 13.8. The van der Waals surface area contributed by atoms with Gasteiger partial charge in [-0.1, -0.05) is 66.7 Å². The molecule has 0 aliphatic carbocycles. The van der Waals surface area contributed by atoms with Crippen molar-refractivity contribution in [2.45, 2.75) is 35.9 Å². The molecule has 0 N–H and O–H groups in total. The van der Waals surface area contributed by atoms with E-state index in [1.165, 1.54) is 24.0 Å². The Hall–Kier alpha value is -3.98. The number of carbonyl (C=O) groups is 3. The number of nitrogens with zero attached hydrogens (tertiary/aromatic N) is 2. The van der Waals surface area contributed by atoms with Crippen molar-refractivity contribution in [2.24, 2.45) is 0 Å². The van der Waals surface area contributed by atoms with E-state index in [2.05, 4.69) is 0 Å². The number of carbonyl (C=O) groups excluding carboxylic acids is 3. The standard InChI is InChI=1S/C27H24N2O6S/c1-19(30)28-18-22(35-25(31)21-13-7-3-8-14-21)17-27(28)24(20-11-5-2-6-12-20)29(26(27)32)36(33,34)23-15-9-4-10-16-23/h2-16,22,24H,17-18H2,1H3/t22-,24-,27+/m1/s1. The SMILES string of the molecule is CC(=O)N1C[C@H](OC(=O)c2ccccc2)C[C@]12C(=O)N(S(=O)(=O)c1ccccc1)[C@@H]2c1ccccc1. The van der Waals surface area contributed by atoms with Gasteiger partial charge in [-0.2, -0.15) is 0 Å². The molecule has 8 nitrogen and oxygen atoms in total. The molecule has 9 heteroatoms. The lowest BCUT2D eigenvalue weighted by Crippen LogP contribution is -2.74. The van der Waals surface area contributed by atoms with Crippen LogP contribution in [0.2, 0.25) is 0 Å². The third kappa shape index (κ3) is 3.67. The normalized spacial score (nSPS) is 23.4. The average Bonchev–Trinajstić information content (AvgIpc) is 3.30. The summed E-state index contributed by atoms with van der Waals surface area (Å²) in [6, 6.07) is 23.9. The smallest absolute Gasteiger partial charge is 0.338 e. The molecule has 2 amide bonds. The fourth-order valence-corrected chi connectivity index (χ4v) is 6.86. The van der Waals surface area contributed by atoms with Crippen LogP contribution in [0.25, 0.3) is 0 Å². The van der Waals surface area contributed by atoms with Crippen molar-refractivity contribution in [2.75, 3.05) is 6.54 Å². The quantitative estimate of drug-likeness (QED) is 0.391. The van der Waals surface area contributed by atoms with E-state index in [0.717, 1.165) is 4.31 Å². The minimum atomic E-state index is -4.21. The van der Waals surface area contributed by atoms with Gasteiger partial charge in [0.25, 0.3) is 15.9 Å². The molecule has 0 aromatic heterocycles. The van der Waals surface area contributed by atoms with Crippen molar-refractivity contribution >= 4 is 27.8 Å². The van der Waals surface area contributed by atoms with Gasteiger partial charge in [-0.25, -0.2) is 17.5 Å². The number of benzene rings is 3. The maximum Gasteiger partial charge on any atom is 0.338 e. The van der Waals surface area contributed by atoms with Crippen LogP contribution in [0, 0.1) is 0 Å². The van der Waals surface area contributed by atoms with E-state index in [4.69, 9.17) is 4.74 Å². The number of likely N-dealkylation sites (tertiary alicyclic amines) is 1. The highest BCUT2D eigenvalue weighted by Crippen LogP contribution is 2.55. The van der Waals surface area contributed by atoms with Gasteiger partial charge >= 0.3 is 5.97 Å². The van der Waals surface area contributed by atoms with Crippen molar-refractivity contribution < 1.29 is 27.5 Å². The number of amides is 2. The van der Waals surface area contributed by atoms with Crippen LogP contribution in [0.3, 0.4) is 0 Å². The zero-order valence-electron chi connectivity index (χ0n) is 19.5. The van der Waals surface area contributed by atoms with E-state index in [9.17, 15) is 22.8 Å². The van der Waals surface area contributed by atoms with Crippen LogP contribution >= 0.6 is 0 Å². The molecule has 2 fully saturated rings. The Labute approximate surface area is 209 Å². The van der Waals surface area contributed by atoms with Gasteiger partial charge in [-0.3, -0.25) is 9.59 Å². The number of hydrogen-bond donors (Lipinski definition) is 0. The number of sulfonamides is 1. The molecule has 2 aliphatic rings. The molecule has 3 atom stereocenters. The summed E-state index contributed by atoms with van der Waals surface area (Å²) in [5, 5.41) is 0. The zero-order chi connectivity index (χ0) is 25.5.